The van der Waals surface area contributed by atoms with Crippen molar-refractivity contribution < 1.29 is 14.6 Å². The molecule has 1 aliphatic rings. The van der Waals surface area contributed by atoms with Crippen LogP contribution in [0.1, 0.15) is 32.9 Å². The Morgan fingerprint density at radius 2 is 2.29 bits per heavy atom. The lowest BCUT2D eigenvalue weighted by molar-refractivity contribution is 0.0269. The van der Waals surface area contributed by atoms with Crippen molar-refractivity contribution in [2.45, 2.75) is 45.3 Å². The van der Waals surface area contributed by atoms with Gasteiger partial charge in [0, 0.05) is 38.7 Å². The highest BCUT2D eigenvalue weighted by Gasteiger charge is 2.33. The number of aromatic nitrogens is 3. The van der Waals surface area contributed by atoms with E-state index in [0.717, 1.165) is 12.1 Å². The van der Waals surface area contributed by atoms with Crippen molar-refractivity contribution in [1.29, 1.82) is 0 Å². The molecular formula is C14H24N4O3. The van der Waals surface area contributed by atoms with Gasteiger partial charge in [-0.15, -0.1) is 5.10 Å². The zero-order valence-corrected chi connectivity index (χ0v) is 13.1. The zero-order valence-electron chi connectivity index (χ0n) is 13.1. The Balaban J connectivity index is 1.85. The third-order valence-electron chi connectivity index (χ3n) is 3.49. The maximum atomic E-state index is 12.0. The van der Waals surface area contributed by atoms with Gasteiger partial charge in [0.05, 0.1) is 11.8 Å². The summed E-state index contributed by atoms with van der Waals surface area (Å²) in [6.45, 7) is 6.69. The number of ether oxygens (including phenoxy) is 1. The fourth-order valence-electron chi connectivity index (χ4n) is 2.46. The van der Waals surface area contributed by atoms with E-state index in [1.165, 1.54) is 0 Å². The SMILES string of the molecule is Cn1cc(CC(O)C2CCN(C(=O)OC(C)(C)C)C2)nn1. The summed E-state index contributed by atoms with van der Waals surface area (Å²) in [7, 11) is 1.79. The molecule has 1 aromatic rings. The van der Waals surface area contributed by atoms with Gasteiger partial charge in [-0.2, -0.15) is 0 Å². The fraction of sp³-hybridized carbons (Fsp3) is 0.786. The van der Waals surface area contributed by atoms with Crippen LogP contribution in [0.15, 0.2) is 6.20 Å². The monoisotopic (exact) mass is 296 g/mol. The van der Waals surface area contributed by atoms with Crippen molar-refractivity contribution in [3.8, 4) is 0 Å². The largest absolute Gasteiger partial charge is 0.444 e. The molecule has 0 bridgehead atoms. The van der Waals surface area contributed by atoms with Gasteiger partial charge in [0.2, 0.25) is 0 Å². The molecule has 7 heteroatoms. The molecule has 0 radical (unpaired) electrons. The molecule has 1 aliphatic heterocycles. The van der Waals surface area contributed by atoms with Crippen LogP contribution in [-0.2, 0) is 18.2 Å². The van der Waals surface area contributed by atoms with E-state index in [-0.39, 0.29) is 12.0 Å². The highest BCUT2D eigenvalue weighted by Crippen LogP contribution is 2.23. The Morgan fingerprint density at radius 1 is 1.57 bits per heavy atom. The number of aliphatic hydroxyl groups excluding tert-OH is 1. The standard InChI is InChI=1S/C14H24N4O3/c1-14(2,3)21-13(20)18-6-5-10(8-18)12(19)7-11-9-17(4)16-15-11/h9-10,12,19H,5-8H2,1-4H3. The van der Waals surface area contributed by atoms with Crippen molar-refractivity contribution in [1.82, 2.24) is 19.9 Å². The number of aryl methyl sites for hydroxylation is 1. The van der Waals surface area contributed by atoms with Crippen LogP contribution < -0.4 is 0 Å². The molecule has 0 spiro atoms. The minimum Gasteiger partial charge on any atom is -0.444 e. The van der Waals surface area contributed by atoms with Crippen molar-refractivity contribution in [2.24, 2.45) is 13.0 Å². The summed E-state index contributed by atoms with van der Waals surface area (Å²) in [5.74, 6) is 0.0551. The minimum atomic E-state index is -0.519. The molecule has 0 aliphatic carbocycles. The van der Waals surface area contributed by atoms with Crippen LogP contribution >= 0.6 is 0 Å². The van der Waals surface area contributed by atoms with Gasteiger partial charge in [-0.05, 0) is 27.2 Å². The maximum absolute atomic E-state index is 12.0. The summed E-state index contributed by atoms with van der Waals surface area (Å²) in [5.41, 5.74) is 0.272. The van der Waals surface area contributed by atoms with Gasteiger partial charge in [-0.3, -0.25) is 4.68 Å². The summed E-state index contributed by atoms with van der Waals surface area (Å²) in [5, 5.41) is 18.1. The molecule has 1 fully saturated rings. The highest BCUT2D eigenvalue weighted by molar-refractivity contribution is 5.68. The van der Waals surface area contributed by atoms with Crippen molar-refractivity contribution in [3.05, 3.63) is 11.9 Å². The topological polar surface area (TPSA) is 80.5 Å². The molecule has 21 heavy (non-hydrogen) atoms. The number of aliphatic hydroxyl groups is 1. The predicted molar refractivity (Wildman–Crippen MR) is 76.6 cm³/mol. The number of nitrogens with zero attached hydrogens (tertiary/aromatic N) is 4. The maximum Gasteiger partial charge on any atom is 0.410 e. The summed E-state index contributed by atoms with van der Waals surface area (Å²) in [6.07, 6.45) is 2.20. The first-order valence-corrected chi connectivity index (χ1v) is 7.26. The summed E-state index contributed by atoms with van der Waals surface area (Å²) in [4.78, 5) is 13.6. The van der Waals surface area contributed by atoms with Crippen LogP contribution in [0.4, 0.5) is 4.79 Å². The molecule has 2 unspecified atom stereocenters. The quantitative estimate of drug-likeness (QED) is 0.899. The van der Waals surface area contributed by atoms with E-state index in [2.05, 4.69) is 10.3 Å². The van der Waals surface area contributed by atoms with Crippen molar-refractivity contribution >= 4 is 6.09 Å². The molecule has 7 nitrogen and oxygen atoms in total. The van der Waals surface area contributed by atoms with Gasteiger partial charge < -0.3 is 14.7 Å². The van der Waals surface area contributed by atoms with Gasteiger partial charge in [0.25, 0.3) is 0 Å². The van der Waals surface area contributed by atoms with Crippen molar-refractivity contribution in [2.75, 3.05) is 13.1 Å². The van der Waals surface area contributed by atoms with Crippen molar-refractivity contribution in [3.63, 3.8) is 0 Å². The molecule has 1 saturated heterocycles. The number of hydrogen-bond donors (Lipinski definition) is 1. The third kappa shape index (κ3) is 4.42. The van der Waals surface area contributed by atoms with E-state index in [4.69, 9.17) is 4.74 Å². The molecule has 1 amide bonds. The van der Waals surface area contributed by atoms with Crippen LogP contribution in [0.25, 0.3) is 0 Å². The van der Waals surface area contributed by atoms with Crippen LogP contribution in [-0.4, -0.2) is 55.9 Å². The van der Waals surface area contributed by atoms with Crippen LogP contribution in [0.3, 0.4) is 0 Å². The number of likely N-dealkylation sites (tertiary alicyclic amines) is 1. The van der Waals surface area contributed by atoms with E-state index in [9.17, 15) is 9.90 Å². The van der Waals surface area contributed by atoms with E-state index in [1.54, 1.807) is 22.8 Å². The number of rotatable bonds is 3. The molecule has 0 aromatic carbocycles. The summed E-state index contributed by atoms with van der Waals surface area (Å²) in [6, 6.07) is 0. The highest BCUT2D eigenvalue weighted by atomic mass is 16.6. The Morgan fingerprint density at radius 3 is 2.86 bits per heavy atom. The molecule has 2 heterocycles. The zero-order chi connectivity index (χ0) is 15.6. The van der Waals surface area contributed by atoms with Gasteiger partial charge in [-0.25, -0.2) is 4.79 Å². The Hall–Kier alpha value is -1.63. The number of carbonyl (C=O) groups excluding carboxylic acids is 1. The molecule has 1 N–H and O–H groups in total. The van der Waals surface area contributed by atoms with Gasteiger partial charge in [-0.1, -0.05) is 5.21 Å². The van der Waals surface area contributed by atoms with E-state index >= 15 is 0 Å². The van der Waals surface area contributed by atoms with E-state index in [1.807, 2.05) is 20.8 Å². The number of hydrogen-bond acceptors (Lipinski definition) is 5. The molecule has 1 aromatic heterocycles. The molecule has 2 rings (SSSR count). The van der Waals surface area contributed by atoms with E-state index < -0.39 is 11.7 Å². The second-order valence-electron chi connectivity index (χ2n) is 6.63. The third-order valence-corrected chi connectivity index (χ3v) is 3.49. The first kappa shape index (κ1) is 15.8. The summed E-state index contributed by atoms with van der Waals surface area (Å²) < 4.78 is 6.97. The first-order chi connectivity index (χ1) is 9.74. The minimum absolute atomic E-state index is 0.0551. The number of amides is 1. The molecule has 2 atom stereocenters. The first-order valence-electron chi connectivity index (χ1n) is 7.26. The van der Waals surface area contributed by atoms with Gasteiger partial charge in [0.15, 0.2) is 0 Å². The Labute approximate surface area is 124 Å². The number of carbonyl (C=O) groups is 1. The predicted octanol–water partition coefficient (Wildman–Crippen LogP) is 0.975. The smallest absolute Gasteiger partial charge is 0.410 e. The Bertz CT molecular complexity index is 495. The van der Waals surface area contributed by atoms with Gasteiger partial charge >= 0.3 is 6.09 Å². The normalized spacial score (nSPS) is 20.6. The van der Waals surface area contributed by atoms with Crippen LogP contribution in [0.5, 0.6) is 0 Å². The average molecular weight is 296 g/mol. The lowest BCUT2D eigenvalue weighted by Crippen LogP contribution is -2.36. The summed E-state index contributed by atoms with van der Waals surface area (Å²) >= 11 is 0. The molecule has 0 saturated carbocycles. The lowest BCUT2D eigenvalue weighted by atomic mass is 9.98. The Kier molecular flexibility index (Phi) is 4.51. The van der Waals surface area contributed by atoms with Crippen LogP contribution in [0.2, 0.25) is 0 Å². The van der Waals surface area contributed by atoms with Crippen LogP contribution in [0, 0.1) is 5.92 Å². The fourth-order valence-corrected chi connectivity index (χ4v) is 2.46. The van der Waals surface area contributed by atoms with Gasteiger partial charge in [0.1, 0.15) is 5.60 Å². The average Bonchev–Trinajstić information content (AvgIpc) is 2.96. The molecule has 118 valence electrons. The second kappa shape index (κ2) is 6.01. The molecular weight excluding hydrogens is 272 g/mol. The second-order valence-corrected chi connectivity index (χ2v) is 6.63. The van der Waals surface area contributed by atoms with E-state index in [0.29, 0.717) is 19.5 Å². The lowest BCUT2D eigenvalue weighted by Gasteiger charge is -2.25.